The number of nitrogens with zero attached hydrogens (tertiary/aromatic N) is 2. The van der Waals surface area contributed by atoms with Crippen LogP contribution in [0.1, 0.15) is 42.5 Å². The molecule has 3 rings (SSSR count). The zero-order chi connectivity index (χ0) is 18.4. The normalized spacial score (nSPS) is 14.1. The Bertz CT molecular complexity index is 720. The smallest absolute Gasteiger partial charge is 0.228 e. The summed E-state index contributed by atoms with van der Waals surface area (Å²) in [4.78, 5) is 19.5. The first-order valence-electron chi connectivity index (χ1n) is 9.33. The van der Waals surface area contributed by atoms with Crippen molar-refractivity contribution in [2.75, 3.05) is 19.6 Å². The van der Waals surface area contributed by atoms with Crippen molar-refractivity contribution in [2.24, 2.45) is 0 Å². The van der Waals surface area contributed by atoms with Crippen molar-refractivity contribution in [3.05, 3.63) is 51.7 Å². The fourth-order valence-electron chi connectivity index (χ4n) is 3.41. The van der Waals surface area contributed by atoms with E-state index >= 15 is 0 Å². The summed E-state index contributed by atoms with van der Waals surface area (Å²) >= 11 is 1.57. The zero-order valence-corrected chi connectivity index (χ0v) is 18.5. The number of rotatable bonds is 7. The lowest BCUT2D eigenvalue weighted by molar-refractivity contribution is -0.133. The van der Waals surface area contributed by atoms with E-state index in [9.17, 15) is 9.18 Å². The molecule has 156 valence electrons. The van der Waals surface area contributed by atoms with Crippen molar-refractivity contribution in [1.29, 1.82) is 0 Å². The second kappa shape index (κ2) is 12.4. The van der Waals surface area contributed by atoms with Crippen molar-refractivity contribution in [2.45, 2.75) is 45.1 Å². The van der Waals surface area contributed by atoms with Gasteiger partial charge in [-0.3, -0.25) is 4.79 Å². The largest absolute Gasteiger partial charge is 0.339 e. The van der Waals surface area contributed by atoms with E-state index in [1.165, 1.54) is 12.1 Å². The van der Waals surface area contributed by atoms with Crippen molar-refractivity contribution < 1.29 is 9.18 Å². The summed E-state index contributed by atoms with van der Waals surface area (Å²) in [5.74, 6) is -0.0505. The molecule has 8 heteroatoms. The van der Waals surface area contributed by atoms with Gasteiger partial charge in [0.25, 0.3) is 0 Å². The highest BCUT2D eigenvalue weighted by molar-refractivity contribution is 7.09. The first-order valence-corrected chi connectivity index (χ1v) is 10.2. The summed E-state index contributed by atoms with van der Waals surface area (Å²) in [6.45, 7) is 4.90. The van der Waals surface area contributed by atoms with Crippen molar-refractivity contribution in [3.8, 4) is 0 Å². The van der Waals surface area contributed by atoms with Crippen LogP contribution in [0.25, 0.3) is 0 Å². The molecule has 1 fully saturated rings. The summed E-state index contributed by atoms with van der Waals surface area (Å²) in [6, 6.07) is 6.84. The molecule has 0 spiro atoms. The minimum atomic E-state index is -0.229. The fraction of sp³-hybridized carbons (Fsp3) is 0.500. The number of halogens is 3. The van der Waals surface area contributed by atoms with Gasteiger partial charge in [0.15, 0.2) is 0 Å². The van der Waals surface area contributed by atoms with Gasteiger partial charge >= 0.3 is 0 Å². The quantitative estimate of drug-likeness (QED) is 0.689. The Labute approximate surface area is 182 Å². The molecule has 2 aromatic rings. The Balaban J connectivity index is 0.00000196. The molecule has 1 saturated heterocycles. The van der Waals surface area contributed by atoms with Crippen LogP contribution in [0.2, 0.25) is 0 Å². The van der Waals surface area contributed by atoms with Crippen LogP contribution in [0, 0.1) is 5.82 Å². The van der Waals surface area contributed by atoms with Crippen LogP contribution in [0.15, 0.2) is 29.6 Å². The van der Waals surface area contributed by atoms with Crippen LogP contribution in [0.4, 0.5) is 4.39 Å². The van der Waals surface area contributed by atoms with Crippen LogP contribution in [0.3, 0.4) is 0 Å². The van der Waals surface area contributed by atoms with Gasteiger partial charge in [-0.15, -0.1) is 36.2 Å². The average molecular weight is 448 g/mol. The molecule has 0 bridgehead atoms. The standard InChI is InChI=1S/C20H26FN3OS.2ClH/c1-2-11-24(18-7-9-22-10-8-18)20(25)13-17-14-26-19(23-17)12-15-3-5-16(21)6-4-15;;/h3-6,14,18,22H,2,7-13H2,1H3;2*1H. The summed E-state index contributed by atoms with van der Waals surface area (Å²) < 4.78 is 13.0. The van der Waals surface area contributed by atoms with Crippen LogP contribution in [-0.2, 0) is 17.6 Å². The van der Waals surface area contributed by atoms with Gasteiger partial charge in [-0.1, -0.05) is 19.1 Å². The Kier molecular flexibility index (Phi) is 11.0. The summed E-state index contributed by atoms with van der Waals surface area (Å²) in [7, 11) is 0. The molecular weight excluding hydrogens is 420 g/mol. The Morgan fingerprint density at radius 2 is 1.93 bits per heavy atom. The lowest BCUT2D eigenvalue weighted by Gasteiger charge is -2.34. The molecule has 0 saturated carbocycles. The van der Waals surface area contributed by atoms with Gasteiger partial charge in [0.2, 0.25) is 5.91 Å². The van der Waals surface area contributed by atoms with Gasteiger partial charge in [-0.2, -0.15) is 0 Å². The summed E-state index contributed by atoms with van der Waals surface area (Å²) in [5, 5.41) is 6.30. The third-order valence-electron chi connectivity index (χ3n) is 4.73. The maximum absolute atomic E-state index is 13.0. The number of thiazole rings is 1. The van der Waals surface area contributed by atoms with E-state index in [2.05, 4.69) is 22.1 Å². The molecule has 28 heavy (non-hydrogen) atoms. The SMILES string of the molecule is CCCN(C(=O)Cc1csc(Cc2ccc(F)cc2)n1)C1CCNCC1.Cl.Cl. The van der Waals surface area contributed by atoms with E-state index < -0.39 is 0 Å². The number of piperidine rings is 1. The molecule has 0 radical (unpaired) electrons. The first kappa shape index (κ1) is 24.8. The lowest BCUT2D eigenvalue weighted by atomic mass is 10.0. The van der Waals surface area contributed by atoms with Crippen molar-refractivity contribution in [1.82, 2.24) is 15.2 Å². The molecule has 1 N–H and O–H groups in total. The van der Waals surface area contributed by atoms with Crippen LogP contribution in [0.5, 0.6) is 0 Å². The molecule has 1 aromatic heterocycles. The van der Waals surface area contributed by atoms with Gasteiger partial charge in [-0.25, -0.2) is 9.37 Å². The van der Waals surface area contributed by atoms with Gasteiger partial charge in [0.1, 0.15) is 5.82 Å². The number of carbonyl (C=O) groups excluding carboxylic acids is 1. The first-order chi connectivity index (χ1) is 12.7. The van der Waals surface area contributed by atoms with E-state index in [1.807, 2.05) is 5.38 Å². The Morgan fingerprint density at radius 1 is 1.25 bits per heavy atom. The number of aromatic nitrogens is 1. The third kappa shape index (κ3) is 6.99. The zero-order valence-electron chi connectivity index (χ0n) is 16.0. The Hall–Kier alpha value is -1.21. The minimum absolute atomic E-state index is 0. The van der Waals surface area contributed by atoms with E-state index in [0.29, 0.717) is 18.9 Å². The van der Waals surface area contributed by atoms with Crippen LogP contribution >= 0.6 is 36.2 Å². The predicted molar refractivity (Wildman–Crippen MR) is 117 cm³/mol. The van der Waals surface area contributed by atoms with Crippen molar-refractivity contribution >= 4 is 42.1 Å². The molecule has 0 atom stereocenters. The van der Waals surface area contributed by atoms with Crippen LogP contribution < -0.4 is 5.32 Å². The van der Waals surface area contributed by atoms with Crippen molar-refractivity contribution in [3.63, 3.8) is 0 Å². The summed E-state index contributed by atoms with van der Waals surface area (Å²) in [6.07, 6.45) is 4.07. The molecule has 1 aromatic carbocycles. The molecule has 1 aliphatic heterocycles. The van der Waals surface area contributed by atoms with Gasteiger partial charge in [-0.05, 0) is 50.0 Å². The van der Waals surface area contributed by atoms with Gasteiger partial charge in [0, 0.05) is 24.4 Å². The highest BCUT2D eigenvalue weighted by atomic mass is 35.5. The molecule has 1 amide bonds. The fourth-order valence-corrected chi connectivity index (χ4v) is 4.24. The monoisotopic (exact) mass is 447 g/mol. The lowest BCUT2D eigenvalue weighted by Crippen LogP contribution is -2.47. The maximum Gasteiger partial charge on any atom is 0.228 e. The van der Waals surface area contributed by atoms with Gasteiger partial charge in [0.05, 0.1) is 17.1 Å². The number of amides is 1. The summed E-state index contributed by atoms with van der Waals surface area (Å²) in [5.41, 5.74) is 1.87. The predicted octanol–water partition coefficient (Wildman–Crippen LogP) is 4.25. The molecule has 4 nitrogen and oxygen atoms in total. The topological polar surface area (TPSA) is 45.2 Å². The number of benzene rings is 1. The number of hydrogen-bond acceptors (Lipinski definition) is 4. The second-order valence-electron chi connectivity index (χ2n) is 6.78. The molecule has 0 unspecified atom stereocenters. The number of carbonyl (C=O) groups is 1. The molecular formula is C20H28Cl2FN3OS. The second-order valence-corrected chi connectivity index (χ2v) is 7.72. The third-order valence-corrected chi connectivity index (χ3v) is 5.63. The number of hydrogen-bond donors (Lipinski definition) is 1. The highest BCUT2D eigenvalue weighted by Gasteiger charge is 2.25. The minimum Gasteiger partial charge on any atom is -0.339 e. The van der Waals surface area contributed by atoms with Gasteiger partial charge < -0.3 is 10.2 Å². The highest BCUT2D eigenvalue weighted by Crippen LogP contribution is 2.18. The van der Waals surface area contributed by atoms with E-state index in [4.69, 9.17) is 0 Å². The maximum atomic E-state index is 13.0. The van der Waals surface area contributed by atoms with E-state index in [1.54, 1.807) is 23.5 Å². The molecule has 1 aliphatic rings. The van der Waals surface area contributed by atoms with E-state index in [0.717, 1.165) is 55.2 Å². The molecule has 0 aliphatic carbocycles. The average Bonchev–Trinajstić information content (AvgIpc) is 3.09. The molecule has 2 heterocycles. The van der Waals surface area contributed by atoms with E-state index in [-0.39, 0.29) is 36.5 Å². The number of nitrogens with one attached hydrogen (secondary N) is 1. The Morgan fingerprint density at radius 3 is 2.57 bits per heavy atom. The van der Waals surface area contributed by atoms with Crippen LogP contribution in [-0.4, -0.2) is 41.5 Å².